The molecular formula is C18H17F3N6O. The molecule has 0 aliphatic heterocycles. The van der Waals surface area contributed by atoms with Crippen molar-refractivity contribution in [2.24, 2.45) is 0 Å². The van der Waals surface area contributed by atoms with Crippen LogP contribution >= 0.6 is 0 Å². The van der Waals surface area contributed by atoms with Gasteiger partial charge in [0.25, 0.3) is 0 Å². The normalized spacial score (nSPS) is 12.4. The topological polar surface area (TPSA) is 84.7 Å². The Labute approximate surface area is 158 Å². The summed E-state index contributed by atoms with van der Waals surface area (Å²) < 4.78 is 41.4. The van der Waals surface area contributed by atoms with Crippen LogP contribution in [0.2, 0.25) is 0 Å². The summed E-state index contributed by atoms with van der Waals surface area (Å²) in [6.45, 7) is 1.82. The third kappa shape index (κ3) is 4.84. The van der Waals surface area contributed by atoms with E-state index in [1.807, 2.05) is 12.2 Å². The van der Waals surface area contributed by atoms with Gasteiger partial charge in [0.05, 0.1) is 5.69 Å². The Hall–Kier alpha value is -3.43. The van der Waals surface area contributed by atoms with Crippen LogP contribution in [0.4, 0.5) is 23.7 Å². The maximum atomic E-state index is 13.3. The Bertz CT molecular complexity index is 928. The fourth-order valence-electron chi connectivity index (χ4n) is 2.63. The van der Waals surface area contributed by atoms with Crippen LogP contribution in [-0.4, -0.2) is 38.5 Å². The number of carbonyl (C=O) groups is 1. The lowest BCUT2D eigenvalue weighted by atomic mass is 10.1. The minimum Gasteiger partial charge on any atom is -0.326 e. The summed E-state index contributed by atoms with van der Waals surface area (Å²) in [6, 6.07) is 10.1. The first-order chi connectivity index (χ1) is 13.3. The maximum absolute atomic E-state index is 13.3. The molecule has 0 saturated heterocycles. The number of urea groups is 1. The third-order valence-electron chi connectivity index (χ3n) is 4.05. The van der Waals surface area contributed by atoms with Crippen LogP contribution in [0.1, 0.15) is 11.1 Å². The van der Waals surface area contributed by atoms with E-state index < -0.39 is 18.2 Å². The van der Waals surface area contributed by atoms with Gasteiger partial charge in [-0.15, -0.1) is 5.10 Å². The van der Waals surface area contributed by atoms with Crippen LogP contribution in [0.15, 0.2) is 54.9 Å². The van der Waals surface area contributed by atoms with Gasteiger partial charge in [-0.2, -0.15) is 13.2 Å². The summed E-state index contributed by atoms with van der Waals surface area (Å²) in [5, 5.41) is 15.3. The molecule has 7 nitrogen and oxygen atoms in total. The Morgan fingerprint density at radius 3 is 2.57 bits per heavy atom. The van der Waals surface area contributed by atoms with Gasteiger partial charge >= 0.3 is 12.2 Å². The molecule has 0 aliphatic rings. The number of nitrogens with one attached hydrogen (secondary N) is 2. The van der Waals surface area contributed by atoms with E-state index in [9.17, 15) is 18.0 Å². The number of aryl methyl sites for hydroxylation is 1. The van der Waals surface area contributed by atoms with Crippen LogP contribution < -0.4 is 10.6 Å². The average Bonchev–Trinajstić information content (AvgIpc) is 3.17. The second kappa shape index (κ2) is 8.07. The van der Waals surface area contributed by atoms with E-state index in [1.165, 1.54) is 11.0 Å². The van der Waals surface area contributed by atoms with Crippen LogP contribution in [0.5, 0.6) is 0 Å². The van der Waals surface area contributed by atoms with E-state index in [0.717, 1.165) is 5.56 Å². The molecule has 146 valence electrons. The molecule has 0 bridgehead atoms. The predicted octanol–water partition coefficient (Wildman–Crippen LogP) is 3.27. The Balaban J connectivity index is 1.72. The molecule has 0 radical (unpaired) electrons. The van der Waals surface area contributed by atoms with E-state index in [-0.39, 0.29) is 6.42 Å². The van der Waals surface area contributed by atoms with E-state index in [4.69, 9.17) is 0 Å². The summed E-state index contributed by atoms with van der Waals surface area (Å²) >= 11 is 0. The van der Waals surface area contributed by atoms with Gasteiger partial charge in [0.15, 0.2) is 0 Å². The van der Waals surface area contributed by atoms with Gasteiger partial charge in [0.2, 0.25) is 0 Å². The molecule has 2 amide bonds. The number of hydrogen-bond acceptors (Lipinski definition) is 4. The zero-order chi connectivity index (χ0) is 20.1. The van der Waals surface area contributed by atoms with Gasteiger partial charge in [0.1, 0.15) is 12.4 Å². The minimum absolute atomic E-state index is 0.314. The van der Waals surface area contributed by atoms with Gasteiger partial charge in [0, 0.05) is 12.1 Å². The van der Waals surface area contributed by atoms with Crippen molar-refractivity contribution in [3.05, 3.63) is 66.0 Å². The van der Waals surface area contributed by atoms with Crippen LogP contribution in [0, 0.1) is 6.92 Å². The zero-order valence-corrected chi connectivity index (χ0v) is 14.8. The average molecular weight is 390 g/mol. The molecule has 2 aromatic carbocycles. The molecule has 0 saturated carbocycles. The number of alkyl halides is 3. The minimum atomic E-state index is -4.59. The second-order valence-corrected chi connectivity index (χ2v) is 6.14. The van der Waals surface area contributed by atoms with Crippen molar-refractivity contribution in [3.8, 4) is 5.69 Å². The molecule has 0 aliphatic carbocycles. The first-order valence-electron chi connectivity index (χ1n) is 8.35. The Morgan fingerprint density at radius 2 is 1.93 bits per heavy atom. The summed E-state index contributed by atoms with van der Waals surface area (Å²) in [5.41, 5.74) is 2.21. The second-order valence-electron chi connectivity index (χ2n) is 6.14. The molecule has 1 heterocycles. The van der Waals surface area contributed by atoms with Gasteiger partial charge in [-0.1, -0.05) is 36.4 Å². The molecule has 2 N–H and O–H groups in total. The van der Waals surface area contributed by atoms with Gasteiger partial charge in [-0.3, -0.25) is 0 Å². The highest BCUT2D eigenvalue weighted by molar-refractivity contribution is 5.90. The molecule has 3 rings (SSSR count). The number of rotatable bonds is 5. The number of aromatic nitrogens is 4. The Kier molecular flexibility index (Phi) is 5.57. The lowest BCUT2D eigenvalue weighted by Crippen LogP contribution is -2.48. The predicted molar refractivity (Wildman–Crippen MR) is 96.0 cm³/mol. The number of hydrogen-bond donors (Lipinski definition) is 2. The van der Waals surface area contributed by atoms with Crippen molar-refractivity contribution in [1.29, 1.82) is 0 Å². The fraction of sp³-hybridized carbons (Fsp3) is 0.222. The van der Waals surface area contributed by atoms with E-state index in [2.05, 4.69) is 20.8 Å². The largest absolute Gasteiger partial charge is 0.408 e. The van der Waals surface area contributed by atoms with Gasteiger partial charge < -0.3 is 10.6 Å². The number of nitrogens with zero attached hydrogens (tertiary/aromatic N) is 4. The van der Waals surface area contributed by atoms with E-state index in [0.29, 0.717) is 16.9 Å². The molecule has 0 spiro atoms. The maximum Gasteiger partial charge on any atom is 0.408 e. The standard InChI is InChI=1S/C18H17F3N6O/c1-12-7-8-14(10-15(12)27-11-22-25-26-27)23-17(28)24-16(18(19,20)21)9-13-5-3-2-4-6-13/h2-8,10-11,16H,9H2,1H3,(H2,23,24,28)/t16-/m0/s1. The van der Waals surface area contributed by atoms with Crippen molar-refractivity contribution in [1.82, 2.24) is 25.5 Å². The smallest absolute Gasteiger partial charge is 0.326 e. The lowest BCUT2D eigenvalue weighted by molar-refractivity contribution is -0.152. The number of amides is 2. The zero-order valence-electron chi connectivity index (χ0n) is 14.8. The summed E-state index contributed by atoms with van der Waals surface area (Å²) in [7, 11) is 0. The van der Waals surface area contributed by atoms with Crippen LogP contribution in [0.25, 0.3) is 5.69 Å². The van der Waals surface area contributed by atoms with Crippen LogP contribution in [0.3, 0.4) is 0 Å². The molecule has 28 heavy (non-hydrogen) atoms. The number of tetrazole rings is 1. The third-order valence-corrected chi connectivity index (χ3v) is 4.05. The molecule has 10 heteroatoms. The summed E-state index contributed by atoms with van der Waals surface area (Å²) in [6.07, 6.45) is -3.56. The number of carbonyl (C=O) groups excluding carboxylic acids is 1. The molecule has 3 aromatic rings. The summed E-state index contributed by atoms with van der Waals surface area (Å²) in [4.78, 5) is 12.2. The lowest BCUT2D eigenvalue weighted by Gasteiger charge is -2.22. The highest BCUT2D eigenvalue weighted by atomic mass is 19.4. The van der Waals surface area contributed by atoms with E-state index >= 15 is 0 Å². The van der Waals surface area contributed by atoms with Crippen molar-refractivity contribution in [2.45, 2.75) is 25.6 Å². The highest BCUT2D eigenvalue weighted by Crippen LogP contribution is 2.24. The monoisotopic (exact) mass is 390 g/mol. The number of anilines is 1. The molecule has 1 aromatic heterocycles. The van der Waals surface area contributed by atoms with Crippen molar-refractivity contribution < 1.29 is 18.0 Å². The van der Waals surface area contributed by atoms with E-state index in [1.54, 1.807) is 48.5 Å². The SMILES string of the molecule is Cc1ccc(NC(=O)N[C@@H](Cc2ccccc2)C(F)(F)F)cc1-n1cnnn1. The molecular weight excluding hydrogens is 373 g/mol. The van der Waals surface area contributed by atoms with Crippen LogP contribution in [-0.2, 0) is 6.42 Å². The quantitative estimate of drug-likeness (QED) is 0.700. The number of halogens is 3. The molecule has 0 fully saturated rings. The molecule has 1 atom stereocenters. The van der Waals surface area contributed by atoms with Crippen molar-refractivity contribution in [2.75, 3.05) is 5.32 Å². The summed E-state index contributed by atoms with van der Waals surface area (Å²) in [5.74, 6) is 0. The van der Waals surface area contributed by atoms with Gasteiger partial charge in [-0.25, -0.2) is 9.48 Å². The molecule has 0 unspecified atom stereocenters. The van der Waals surface area contributed by atoms with Crippen molar-refractivity contribution >= 4 is 11.7 Å². The first kappa shape index (κ1) is 19.3. The van der Waals surface area contributed by atoms with Crippen molar-refractivity contribution in [3.63, 3.8) is 0 Å². The first-order valence-corrected chi connectivity index (χ1v) is 8.35. The van der Waals surface area contributed by atoms with Gasteiger partial charge in [-0.05, 0) is 40.6 Å². The Morgan fingerprint density at radius 1 is 1.18 bits per heavy atom. The fourth-order valence-corrected chi connectivity index (χ4v) is 2.63. The highest BCUT2D eigenvalue weighted by Gasteiger charge is 2.40. The number of benzene rings is 2.